The fourth-order valence-electron chi connectivity index (χ4n) is 3.70. The van der Waals surface area contributed by atoms with Crippen molar-refractivity contribution in [1.29, 1.82) is 0 Å². The van der Waals surface area contributed by atoms with E-state index in [9.17, 15) is 14.0 Å². The second-order valence-electron chi connectivity index (χ2n) is 7.12. The molecule has 2 atom stereocenters. The molecule has 1 amide bonds. The number of aromatic nitrogens is 4. The molecule has 0 saturated carbocycles. The Morgan fingerprint density at radius 3 is 2.89 bits per heavy atom. The van der Waals surface area contributed by atoms with Crippen molar-refractivity contribution in [3.8, 4) is 0 Å². The van der Waals surface area contributed by atoms with Crippen LogP contribution in [0.4, 0.5) is 4.39 Å². The number of nitrogens with zero attached hydrogens (tertiary/aromatic N) is 6. The molecule has 1 saturated heterocycles. The maximum Gasteiger partial charge on any atom is 0.347 e. The number of likely N-dealkylation sites (tertiary alicyclic amines) is 1. The molecule has 144 valence electrons. The Kier molecular flexibility index (Phi) is 4.73. The Labute approximate surface area is 160 Å². The molecule has 10 heteroatoms. The summed E-state index contributed by atoms with van der Waals surface area (Å²) in [5.41, 5.74) is 0.392. The van der Waals surface area contributed by atoms with Crippen molar-refractivity contribution in [3.63, 3.8) is 0 Å². The van der Waals surface area contributed by atoms with Gasteiger partial charge < -0.3 is 4.90 Å². The SMILES string of the molecule is CN1Cc2nn(Cc3cncc(Cl)c3)c(=O)n2C(C(=O)N2CC[C@H](F)C2)C1. The molecule has 2 aliphatic heterocycles. The second kappa shape index (κ2) is 7.05. The number of rotatable bonds is 3. The van der Waals surface area contributed by atoms with Crippen molar-refractivity contribution in [2.24, 2.45) is 0 Å². The number of hydrogen-bond acceptors (Lipinski definition) is 5. The topological polar surface area (TPSA) is 76.3 Å². The number of alkyl halides is 1. The summed E-state index contributed by atoms with van der Waals surface area (Å²) in [5.74, 6) is 0.298. The average Bonchev–Trinajstić information content (AvgIpc) is 3.18. The van der Waals surface area contributed by atoms with Crippen molar-refractivity contribution < 1.29 is 9.18 Å². The van der Waals surface area contributed by atoms with Gasteiger partial charge in [0.05, 0.1) is 24.7 Å². The van der Waals surface area contributed by atoms with Crippen LogP contribution < -0.4 is 5.69 Å². The summed E-state index contributed by atoms with van der Waals surface area (Å²) in [5, 5.41) is 4.89. The van der Waals surface area contributed by atoms with Crippen LogP contribution in [0.5, 0.6) is 0 Å². The van der Waals surface area contributed by atoms with Crippen molar-refractivity contribution >= 4 is 17.5 Å². The van der Waals surface area contributed by atoms with Crippen LogP contribution in [0.15, 0.2) is 23.3 Å². The number of carbonyl (C=O) groups is 1. The Bertz CT molecular complexity index is 928. The van der Waals surface area contributed by atoms with Gasteiger partial charge in [-0.2, -0.15) is 5.10 Å². The number of likely N-dealkylation sites (N-methyl/N-ethyl adjacent to an activating group) is 1. The van der Waals surface area contributed by atoms with Crippen LogP contribution in [0.1, 0.15) is 23.9 Å². The summed E-state index contributed by atoms with van der Waals surface area (Å²) in [6, 6.07) is 1.03. The molecule has 1 fully saturated rings. The first-order valence-corrected chi connectivity index (χ1v) is 9.19. The number of hydrogen-bond donors (Lipinski definition) is 0. The van der Waals surface area contributed by atoms with Crippen LogP contribution in [0.3, 0.4) is 0 Å². The molecule has 2 aromatic heterocycles. The van der Waals surface area contributed by atoms with Crippen LogP contribution in [0.25, 0.3) is 0 Å². The number of halogens is 2. The fourth-order valence-corrected chi connectivity index (χ4v) is 3.90. The third-order valence-electron chi connectivity index (χ3n) is 4.97. The maximum atomic E-state index is 13.5. The zero-order valence-electron chi connectivity index (χ0n) is 14.9. The monoisotopic (exact) mass is 394 g/mol. The van der Waals surface area contributed by atoms with Gasteiger partial charge in [-0.15, -0.1) is 0 Å². The van der Waals surface area contributed by atoms with E-state index < -0.39 is 12.2 Å². The molecule has 0 aromatic carbocycles. The second-order valence-corrected chi connectivity index (χ2v) is 7.56. The predicted molar refractivity (Wildman–Crippen MR) is 96.3 cm³/mol. The Morgan fingerprint density at radius 1 is 1.37 bits per heavy atom. The van der Waals surface area contributed by atoms with Gasteiger partial charge in [0.2, 0.25) is 5.91 Å². The third kappa shape index (κ3) is 3.49. The van der Waals surface area contributed by atoms with Crippen LogP contribution in [-0.2, 0) is 17.9 Å². The van der Waals surface area contributed by atoms with Gasteiger partial charge in [0.1, 0.15) is 18.0 Å². The van der Waals surface area contributed by atoms with E-state index in [0.29, 0.717) is 36.9 Å². The highest BCUT2D eigenvalue weighted by molar-refractivity contribution is 6.30. The number of fused-ring (bicyclic) bond motifs is 1. The van der Waals surface area contributed by atoms with Gasteiger partial charge in [-0.3, -0.25) is 19.2 Å². The highest BCUT2D eigenvalue weighted by Gasteiger charge is 2.37. The van der Waals surface area contributed by atoms with Crippen molar-refractivity contribution in [2.75, 3.05) is 26.7 Å². The van der Waals surface area contributed by atoms with E-state index in [2.05, 4.69) is 10.1 Å². The molecule has 0 N–H and O–H groups in total. The first-order valence-electron chi connectivity index (χ1n) is 8.81. The van der Waals surface area contributed by atoms with Crippen LogP contribution >= 0.6 is 11.6 Å². The number of amides is 1. The zero-order chi connectivity index (χ0) is 19.1. The molecule has 8 nitrogen and oxygen atoms in total. The minimum absolute atomic E-state index is 0.0887. The minimum atomic E-state index is -0.996. The van der Waals surface area contributed by atoms with E-state index in [1.165, 1.54) is 20.3 Å². The Hall–Kier alpha value is -2.26. The van der Waals surface area contributed by atoms with Gasteiger partial charge in [0, 0.05) is 25.5 Å². The van der Waals surface area contributed by atoms with Crippen LogP contribution in [0.2, 0.25) is 5.02 Å². The lowest BCUT2D eigenvalue weighted by Gasteiger charge is -2.31. The highest BCUT2D eigenvalue weighted by atomic mass is 35.5. The highest BCUT2D eigenvalue weighted by Crippen LogP contribution is 2.22. The molecule has 0 aliphatic carbocycles. The largest absolute Gasteiger partial charge is 0.347 e. The normalized spacial score (nSPS) is 22.9. The van der Waals surface area contributed by atoms with E-state index in [1.807, 2.05) is 11.9 Å². The Balaban J connectivity index is 1.66. The first-order chi connectivity index (χ1) is 12.9. The summed E-state index contributed by atoms with van der Waals surface area (Å²) < 4.78 is 16.3. The average molecular weight is 395 g/mol. The molecule has 27 heavy (non-hydrogen) atoms. The van der Waals surface area contributed by atoms with Gasteiger partial charge >= 0.3 is 5.69 Å². The molecule has 0 radical (unpaired) electrons. The van der Waals surface area contributed by atoms with Crippen molar-refractivity contribution in [2.45, 2.75) is 31.7 Å². The van der Waals surface area contributed by atoms with Gasteiger partial charge in [-0.25, -0.2) is 13.9 Å². The standard InChI is InChI=1S/C17H20ClFN6O2/c1-22-9-14(16(26)23-3-2-13(19)8-23)25-15(10-22)21-24(17(25)27)7-11-4-12(18)6-20-5-11/h4-6,13-14H,2-3,7-10H2,1H3/t13-,14?/m0/s1. The van der Waals surface area contributed by atoms with E-state index in [-0.39, 0.29) is 24.7 Å². The van der Waals surface area contributed by atoms with Crippen LogP contribution in [-0.4, -0.2) is 67.9 Å². The van der Waals surface area contributed by atoms with Crippen molar-refractivity contribution in [1.82, 2.24) is 29.1 Å². The number of carbonyl (C=O) groups excluding carboxylic acids is 1. The molecule has 2 aromatic rings. The summed E-state index contributed by atoms with van der Waals surface area (Å²) in [6.07, 6.45) is 2.49. The first kappa shape index (κ1) is 18.1. The third-order valence-corrected chi connectivity index (χ3v) is 5.18. The zero-order valence-corrected chi connectivity index (χ0v) is 15.6. The lowest BCUT2D eigenvalue weighted by molar-refractivity contribution is -0.135. The molecule has 0 bridgehead atoms. The molecule has 4 rings (SSSR count). The molecule has 0 spiro atoms. The smallest absolute Gasteiger partial charge is 0.338 e. The van der Waals surface area contributed by atoms with Gasteiger partial charge in [-0.1, -0.05) is 11.6 Å². The molecule has 4 heterocycles. The quantitative estimate of drug-likeness (QED) is 0.766. The van der Waals surface area contributed by atoms with Gasteiger partial charge in [-0.05, 0) is 25.1 Å². The maximum absolute atomic E-state index is 13.5. The molecule has 1 unspecified atom stereocenters. The van der Waals surface area contributed by atoms with E-state index >= 15 is 0 Å². The predicted octanol–water partition coefficient (Wildman–Crippen LogP) is 0.698. The fraction of sp³-hybridized carbons (Fsp3) is 0.529. The molecular weight excluding hydrogens is 375 g/mol. The molecular formula is C17H20ClFN6O2. The summed E-state index contributed by atoms with van der Waals surface area (Å²) in [4.78, 5) is 33.3. The van der Waals surface area contributed by atoms with Gasteiger partial charge in [0.25, 0.3) is 0 Å². The summed E-state index contributed by atoms with van der Waals surface area (Å²) in [6.45, 7) is 1.54. The van der Waals surface area contributed by atoms with E-state index in [4.69, 9.17) is 11.6 Å². The van der Waals surface area contributed by atoms with E-state index in [1.54, 1.807) is 12.3 Å². The lowest BCUT2D eigenvalue weighted by Crippen LogP contribution is -2.47. The summed E-state index contributed by atoms with van der Waals surface area (Å²) in [7, 11) is 1.87. The van der Waals surface area contributed by atoms with Crippen molar-refractivity contribution in [3.05, 3.63) is 45.4 Å². The lowest BCUT2D eigenvalue weighted by atomic mass is 10.2. The minimum Gasteiger partial charge on any atom is -0.338 e. The molecule has 2 aliphatic rings. The van der Waals surface area contributed by atoms with Crippen LogP contribution in [0, 0.1) is 0 Å². The van der Waals surface area contributed by atoms with Gasteiger partial charge in [0.15, 0.2) is 0 Å². The number of pyridine rings is 1. The Morgan fingerprint density at radius 2 is 2.19 bits per heavy atom. The van der Waals surface area contributed by atoms with E-state index in [0.717, 1.165) is 5.56 Å². The summed E-state index contributed by atoms with van der Waals surface area (Å²) >= 11 is 5.96.